The van der Waals surface area contributed by atoms with E-state index in [9.17, 15) is 9.59 Å². The van der Waals surface area contributed by atoms with Crippen molar-refractivity contribution in [2.75, 3.05) is 19.7 Å². The number of carbonyl (C=O) groups excluding carboxylic acids is 1. The third-order valence-electron chi connectivity index (χ3n) is 3.56. The number of imidazole rings is 1. The summed E-state index contributed by atoms with van der Waals surface area (Å²) in [6.07, 6.45) is 3.76. The van der Waals surface area contributed by atoms with E-state index in [1.807, 2.05) is 18.2 Å². The molecule has 0 spiro atoms. The first-order valence-corrected chi connectivity index (χ1v) is 7.38. The first-order valence-electron chi connectivity index (χ1n) is 7.00. The Balaban J connectivity index is 1.77. The van der Waals surface area contributed by atoms with E-state index in [1.54, 1.807) is 16.7 Å². The molecule has 0 radical (unpaired) electrons. The number of amides is 1. The van der Waals surface area contributed by atoms with Crippen LogP contribution in [0.25, 0.3) is 11.7 Å². The van der Waals surface area contributed by atoms with Gasteiger partial charge >= 0.3 is 5.97 Å². The second-order valence-electron chi connectivity index (χ2n) is 5.03. The number of aliphatic carboxylic acids is 1. The number of rotatable bonds is 3. The van der Waals surface area contributed by atoms with Crippen LogP contribution in [0.2, 0.25) is 5.15 Å². The normalized spacial score (nSPS) is 18.7. The number of pyridine rings is 1. The molecule has 8 heteroatoms. The lowest BCUT2D eigenvalue weighted by atomic mass is 10.2. The minimum atomic E-state index is -1.07. The first-order chi connectivity index (χ1) is 11.1. The minimum absolute atomic E-state index is 0.0272. The second kappa shape index (κ2) is 6.39. The zero-order chi connectivity index (χ0) is 16.4. The molecule has 7 nitrogen and oxygen atoms in total. The first kappa shape index (κ1) is 15.5. The number of ether oxygens (including phenoxy) is 1. The van der Waals surface area contributed by atoms with Crippen LogP contribution in [0.3, 0.4) is 0 Å². The maximum Gasteiger partial charge on any atom is 0.334 e. The predicted octanol–water partition coefficient (Wildman–Crippen LogP) is 1.31. The summed E-state index contributed by atoms with van der Waals surface area (Å²) in [6, 6.07) is 5.49. The van der Waals surface area contributed by atoms with Gasteiger partial charge in [0.1, 0.15) is 5.65 Å². The van der Waals surface area contributed by atoms with E-state index < -0.39 is 12.1 Å². The lowest BCUT2D eigenvalue weighted by Crippen LogP contribution is -2.48. The molecular weight excluding hydrogens is 322 g/mol. The highest BCUT2D eigenvalue weighted by Crippen LogP contribution is 2.19. The Morgan fingerprint density at radius 3 is 3.04 bits per heavy atom. The van der Waals surface area contributed by atoms with E-state index >= 15 is 0 Å². The summed E-state index contributed by atoms with van der Waals surface area (Å²) in [5, 5.41) is 9.26. The topological polar surface area (TPSA) is 84.1 Å². The average molecular weight is 336 g/mol. The van der Waals surface area contributed by atoms with Crippen molar-refractivity contribution < 1.29 is 19.4 Å². The number of morpholine rings is 1. The van der Waals surface area contributed by atoms with Crippen LogP contribution in [-0.2, 0) is 14.3 Å². The molecule has 3 heterocycles. The van der Waals surface area contributed by atoms with Gasteiger partial charge in [-0.3, -0.25) is 9.20 Å². The smallest absolute Gasteiger partial charge is 0.334 e. The number of carbonyl (C=O) groups is 2. The number of aromatic nitrogens is 2. The zero-order valence-electron chi connectivity index (χ0n) is 12.1. The molecule has 2 aromatic rings. The van der Waals surface area contributed by atoms with Gasteiger partial charge < -0.3 is 14.7 Å². The summed E-state index contributed by atoms with van der Waals surface area (Å²) < 4.78 is 6.86. The summed E-state index contributed by atoms with van der Waals surface area (Å²) in [5.74, 6) is -1.36. The molecule has 120 valence electrons. The molecule has 23 heavy (non-hydrogen) atoms. The van der Waals surface area contributed by atoms with Crippen molar-refractivity contribution in [1.82, 2.24) is 14.3 Å². The third kappa shape index (κ3) is 3.20. The van der Waals surface area contributed by atoms with Crippen molar-refractivity contribution in [2.24, 2.45) is 0 Å². The molecule has 0 aromatic carbocycles. The molecule has 1 unspecified atom stereocenters. The predicted molar refractivity (Wildman–Crippen MR) is 83.2 cm³/mol. The molecule has 0 saturated carbocycles. The quantitative estimate of drug-likeness (QED) is 0.855. The van der Waals surface area contributed by atoms with Gasteiger partial charge in [-0.2, -0.15) is 0 Å². The van der Waals surface area contributed by atoms with Crippen molar-refractivity contribution in [2.45, 2.75) is 6.10 Å². The lowest BCUT2D eigenvalue weighted by molar-refractivity contribution is -0.158. The monoisotopic (exact) mass is 335 g/mol. The van der Waals surface area contributed by atoms with Crippen LogP contribution < -0.4 is 0 Å². The molecule has 1 amide bonds. The summed E-state index contributed by atoms with van der Waals surface area (Å²) >= 11 is 6.10. The molecule has 1 fully saturated rings. The molecule has 1 aliphatic heterocycles. The van der Waals surface area contributed by atoms with Crippen LogP contribution >= 0.6 is 11.6 Å². The highest BCUT2D eigenvalue weighted by molar-refractivity contribution is 6.31. The van der Waals surface area contributed by atoms with Gasteiger partial charge in [0.05, 0.1) is 18.8 Å². The fraction of sp³-hybridized carbons (Fsp3) is 0.267. The third-order valence-corrected chi connectivity index (χ3v) is 3.84. The van der Waals surface area contributed by atoms with Crippen LogP contribution in [0.4, 0.5) is 0 Å². The summed E-state index contributed by atoms with van der Waals surface area (Å²) in [5.41, 5.74) is 1.28. The van der Waals surface area contributed by atoms with Gasteiger partial charge in [0.15, 0.2) is 11.3 Å². The van der Waals surface area contributed by atoms with Gasteiger partial charge in [0.25, 0.3) is 0 Å². The van der Waals surface area contributed by atoms with E-state index in [2.05, 4.69) is 4.98 Å². The van der Waals surface area contributed by atoms with Crippen molar-refractivity contribution in [1.29, 1.82) is 0 Å². The van der Waals surface area contributed by atoms with E-state index in [-0.39, 0.29) is 19.1 Å². The van der Waals surface area contributed by atoms with Crippen molar-refractivity contribution >= 4 is 35.2 Å². The fourth-order valence-electron chi connectivity index (χ4n) is 2.39. The number of hydrogen-bond donors (Lipinski definition) is 1. The molecule has 0 aliphatic carbocycles. The van der Waals surface area contributed by atoms with Crippen molar-refractivity contribution in [3.05, 3.63) is 41.3 Å². The van der Waals surface area contributed by atoms with Crippen LogP contribution in [0.5, 0.6) is 0 Å². The van der Waals surface area contributed by atoms with Crippen LogP contribution in [-0.4, -0.2) is 57.1 Å². The number of hydrogen-bond acceptors (Lipinski definition) is 4. The Kier molecular flexibility index (Phi) is 4.31. The van der Waals surface area contributed by atoms with E-state index in [1.165, 1.54) is 11.0 Å². The maximum atomic E-state index is 12.2. The SMILES string of the molecule is O=C(O)C1CN(C(=O)C=Cc2c(Cl)nc3ccccn23)CCO1. The van der Waals surface area contributed by atoms with Gasteiger partial charge in [-0.05, 0) is 18.2 Å². The maximum absolute atomic E-state index is 12.2. The van der Waals surface area contributed by atoms with E-state index in [0.29, 0.717) is 23.0 Å². The summed E-state index contributed by atoms with van der Waals surface area (Å²) in [7, 11) is 0. The Labute approximate surface area is 136 Å². The van der Waals surface area contributed by atoms with Gasteiger partial charge in [-0.25, -0.2) is 9.78 Å². The Morgan fingerprint density at radius 1 is 1.43 bits per heavy atom. The standard InChI is InChI=1S/C15H14ClN3O4/c16-14-10(19-6-2-1-3-12(19)17-14)4-5-13(20)18-7-8-23-11(9-18)15(21)22/h1-6,11H,7-9H2,(H,21,22). The summed E-state index contributed by atoms with van der Waals surface area (Å²) in [6.45, 7) is 0.583. The second-order valence-corrected chi connectivity index (χ2v) is 5.39. The van der Waals surface area contributed by atoms with Crippen LogP contribution in [0.1, 0.15) is 5.69 Å². The largest absolute Gasteiger partial charge is 0.479 e. The number of carboxylic acids is 1. The van der Waals surface area contributed by atoms with Gasteiger partial charge in [-0.1, -0.05) is 17.7 Å². The Bertz CT molecular complexity index is 786. The van der Waals surface area contributed by atoms with Gasteiger partial charge in [-0.15, -0.1) is 0 Å². The number of fused-ring (bicyclic) bond motifs is 1. The van der Waals surface area contributed by atoms with Gasteiger partial charge in [0, 0.05) is 18.8 Å². The fourth-order valence-corrected chi connectivity index (χ4v) is 2.63. The molecule has 1 aliphatic rings. The van der Waals surface area contributed by atoms with Crippen LogP contribution in [0, 0.1) is 0 Å². The average Bonchev–Trinajstić information content (AvgIpc) is 2.88. The highest BCUT2D eigenvalue weighted by atomic mass is 35.5. The lowest BCUT2D eigenvalue weighted by Gasteiger charge is -2.30. The Hall–Kier alpha value is -2.38. The van der Waals surface area contributed by atoms with Crippen molar-refractivity contribution in [3.63, 3.8) is 0 Å². The summed E-state index contributed by atoms with van der Waals surface area (Å²) in [4.78, 5) is 28.8. The van der Waals surface area contributed by atoms with Crippen molar-refractivity contribution in [3.8, 4) is 0 Å². The number of halogens is 1. The van der Waals surface area contributed by atoms with Gasteiger partial charge in [0.2, 0.25) is 5.91 Å². The molecule has 0 bridgehead atoms. The molecular formula is C15H14ClN3O4. The molecule has 1 saturated heterocycles. The Morgan fingerprint density at radius 2 is 2.26 bits per heavy atom. The number of nitrogens with zero attached hydrogens (tertiary/aromatic N) is 3. The highest BCUT2D eigenvalue weighted by Gasteiger charge is 2.28. The van der Waals surface area contributed by atoms with Crippen LogP contribution in [0.15, 0.2) is 30.5 Å². The molecule has 3 rings (SSSR count). The molecule has 1 atom stereocenters. The van der Waals surface area contributed by atoms with E-state index in [4.69, 9.17) is 21.4 Å². The number of carboxylic acid groups (broad SMARTS) is 1. The molecule has 1 N–H and O–H groups in total. The molecule has 2 aromatic heterocycles. The zero-order valence-corrected chi connectivity index (χ0v) is 12.8. The minimum Gasteiger partial charge on any atom is -0.479 e. The van der Waals surface area contributed by atoms with E-state index in [0.717, 1.165) is 0 Å².